The highest BCUT2D eigenvalue weighted by atomic mass is 32.3. The summed E-state index contributed by atoms with van der Waals surface area (Å²) < 4.78 is 32.3. The molecule has 1 unspecified atom stereocenters. The molecular weight excluding hydrogens is 374 g/mol. The Labute approximate surface area is 170 Å². The first-order valence-corrected chi connectivity index (χ1v) is 11.8. The van der Waals surface area contributed by atoms with Crippen LogP contribution in [0.3, 0.4) is 0 Å². The van der Waals surface area contributed by atoms with E-state index in [1.165, 1.54) is 75.5 Å². The molecule has 2 aliphatic rings. The number of hydrogen-bond donors (Lipinski definition) is 0. The summed E-state index contributed by atoms with van der Waals surface area (Å²) in [6.45, 7) is 4.12. The van der Waals surface area contributed by atoms with Crippen molar-refractivity contribution in [3.05, 3.63) is 47.5 Å². The SMILES string of the molecule is COS(=O)(=O)[O-].C[N+]1(CCC(C2=CCCCC2)c2ccccc2)CCCCC1. The van der Waals surface area contributed by atoms with Crippen molar-refractivity contribution in [2.24, 2.45) is 0 Å². The molecule has 1 aliphatic heterocycles. The van der Waals surface area contributed by atoms with Crippen LogP contribution in [0.25, 0.3) is 0 Å². The lowest BCUT2D eigenvalue weighted by Crippen LogP contribution is -2.48. The van der Waals surface area contributed by atoms with Crippen LogP contribution < -0.4 is 0 Å². The van der Waals surface area contributed by atoms with Gasteiger partial charge >= 0.3 is 0 Å². The minimum Gasteiger partial charge on any atom is -0.726 e. The van der Waals surface area contributed by atoms with E-state index in [1.54, 1.807) is 11.1 Å². The summed E-state index contributed by atoms with van der Waals surface area (Å²) in [6, 6.07) is 11.3. The molecule has 0 radical (unpaired) electrons. The number of benzene rings is 1. The molecular formula is C22H35NO4S. The van der Waals surface area contributed by atoms with Gasteiger partial charge in [0.1, 0.15) is 0 Å². The molecule has 1 atom stereocenters. The number of quaternary nitrogens is 1. The van der Waals surface area contributed by atoms with Crippen LogP contribution in [0.2, 0.25) is 0 Å². The van der Waals surface area contributed by atoms with E-state index in [4.69, 9.17) is 0 Å². The van der Waals surface area contributed by atoms with Gasteiger partial charge in [0, 0.05) is 12.3 Å². The molecule has 1 fully saturated rings. The molecule has 1 aromatic rings. The number of hydrogen-bond acceptors (Lipinski definition) is 4. The summed E-state index contributed by atoms with van der Waals surface area (Å²) in [5, 5.41) is 0. The number of likely N-dealkylation sites (tertiary alicyclic amines) is 1. The van der Waals surface area contributed by atoms with Crippen LogP contribution in [0, 0.1) is 0 Å². The van der Waals surface area contributed by atoms with Gasteiger partial charge in [-0.05, 0) is 50.5 Å². The van der Waals surface area contributed by atoms with Gasteiger partial charge in [-0.1, -0.05) is 42.0 Å². The van der Waals surface area contributed by atoms with Crippen molar-refractivity contribution in [3.8, 4) is 0 Å². The van der Waals surface area contributed by atoms with E-state index in [0.29, 0.717) is 5.92 Å². The number of allylic oxidation sites excluding steroid dienone is 2. The second-order valence-electron chi connectivity index (χ2n) is 8.20. The Morgan fingerprint density at radius 1 is 1.07 bits per heavy atom. The first kappa shape index (κ1) is 23.1. The van der Waals surface area contributed by atoms with Crippen LogP contribution in [-0.4, -0.2) is 51.2 Å². The highest BCUT2D eigenvalue weighted by molar-refractivity contribution is 7.80. The van der Waals surface area contributed by atoms with Crippen LogP contribution in [0.15, 0.2) is 42.0 Å². The van der Waals surface area contributed by atoms with E-state index >= 15 is 0 Å². The zero-order chi connectivity index (χ0) is 20.5. The molecule has 3 rings (SSSR count). The highest BCUT2D eigenvalue weighted by Crippen LogP contribution is 2.35. The molecule has 0 saturated carbocycles. The first-order valence-electron chi connectivity index (χ1n) is 10.4. The second-order valence-corrected chi connectivity index (χ2v) is 9.35. The summed E-state index contributed by atoms with van der Waals surface area (Å²) in [5.74, 6) is 0.665. The molecule has 28 heavy (non-hydrogen) atoms. The second kappa shape index (κ2) is 11.1. The van der Waals surface area contributed by atoms with E-state index in [2.05, 4.69) is 47.6 Å². The Balaban J connectivity index is 0.000000409. The lowest BCUT2D eigenvalue weighted by Gasteiger charge is -2.39. The van der Waals surface area contributed by atoms with Gasteiger partial charge in [0.15, 0.2) is 0 Å². The fraction of sp³-hybridized carbons (Fsp3) is 0.636. The highest BCUT2D eigenvalue weighted by Gasteiger charge is 2.27. The molecule has 6 heteroatoms. The van der Waals surface area contributed by atoms with E-state index < -0.39 is 10.4 Å². The van der Waals surface area contributed by atoms with E-state index in [9.17, 15) is 13.0 Å². The lowest BCUT2D eigenvalue weighted by atomic mass is 9.82. The van der Waals surface area contributed by atoms with Crippen molar-refractivity contribution < 1.29 is 21.6 Å². The van der Waals surface area contributed by atoms with Gasteiger partial charge in [-0.2, -0.15) is 0 Å². The predicted molar refractivity (Wildman–Crippen MR) is 112 cm³/mol. The van der Waals surface area contributed by atoms with Crippen molar-refractivity contribution in [2.45, 2.75) is 57.3 Å². The minimum atomic E-state index is -4.41. The summed E-state index contributed by atoms with van der Waals surface area (Å²) >= 11 is 0. The Kier molecular flexibility index (Phi) is 9.15. The summed E-state index contributed by atoms with van der Waals surface area (Å²) in [5.41, 5.74) is 3.26. The van der Waals surface area contributed by atoms with Crippen molar-refractivity contribution in [1.29, 1.82) is 0 Å². The van der Waals surface area contributed by atoms with E-state index in [0.717, 1.165) is 7.11 Å². The Bertz CT molecular complexity index is 709. The summed E-state index contributed by atoms with van der Waals surface area (Å²) in [4.78, 5) is 0. The first-order chi connectivity index (χ1) is 13.3. The van der Waals surface area contributed by atoms with Crippen LogP contribution in [0.1, 0.15) is 62.8 Å². The largest absolute Gasteiger partial charge is 0.726 e. The minimum absolute atomic E-state index is 0.665. The van der Waals surface area contributed by atoms with Crippen LogP contribution >= 0.6 is 0 Å². The third-order valence-corrected chi connectivity index (χ3v) is 6.44. The van der Waals surface area contributed by atoms with Crippen molar-refractivity contribution in [1.82, 2.24) is 0 Å². The fourth-order valence-electron chi connectivity index (χ4n) is 4.37. The normalized spacial score (nSPS) is 20.5. The Hall–Kier alpha value is -1.21. The summed E-state index contributed by atoms with van der Waals surface area (Å²) in [7, 11) is -1.12. The maximum Gasteiger partial charge on any atom is 0.217 e. The van der Waals surface area contributed by atoms with Crippen LogP contribution in [-0.2, 0) is 14.6 Å². The molecule has 158 valence electrons. The fourth-order valence-corrected chi connectivity index (χ4v) is 4.37. The molecule has 0 bridgehead atoms. The number of piperidine rings is 1. The molecule has 1 aliphatic carbocycles. The quantitative estimate of drug-likeness (QED) is 0.303. The Morgan fingerprint density at radius 2 is 1.71 bits per heavy atom. The van der Waals surface area contributed by atoms with E-state index in [1.807, 2.05) is 0 Å². The van der Waals surface area contributed by atoms with Gasteiger partial charge in [0.25, 0.3) is 0 Å². The van der Waals surface area contributed by atoms with Gasteiger partial charge in [-0.25, -0.2) is 8.42 Å². The maximum atomic E-state index is 9.22. The van der Waals surface area contributed by atoms with E-state index in [-0.39, 0.29) is 0 Å². The third kappa shape index (κ3) is 8.03. The summed E-state index contributed by atoms with van der Waals surface area (Å²) in [6.07, 6.45) is 13.6. The maximum absolute atomic E-state index is 9.22. The molecule has 0 spiro atoms. The van der Waals surface area contributed by atoms with Crippen LogP contribution in [0.4, 0.5) is 0 Å². The molecule has 1 aromatic carbocycles. The van der Waals surface area contributed by atoms with Gasteiger partial charge in [0.05, 0.1) is 33.8 Å². The molecule has 0 N–H and O–H groups in total. The van der Waals surface area contributed by atoms with Crippen molar-refractivity contribution in [3.63, 3.8) is 0 Å². The molecule has 0 amide bonds. The molecule has 1 saturated heterocycles. The topological polar surface area (TPSA) is 66.4 Å². The third-order valence-electron chi connectivity index (χ3n) is 6.03. The Morgan fingerprint density at radius 3 is 2.25 bits per heavy atom. The van der Waals surface area contributed by atoms with Crippen LogP contribution in [0.5, 0.6) is 0 Å². The smallest absolute Gasteiger partial charge is 0.217 e. The van der Waals surface area contributed by atoms with Gasteiger partial charge < -0.3 is 9.04 Å². The van der Waals surface area contributed by atoms with Gasteiger partial charge in [-0.3, -0.25) is 4.18 Å². The standard InChI is InChI=1S/C21H32N.CH4O4S/c1-22(16-9-4-10-17-22)18-15-21(19-11-5-2-6-12-19)20-13-7-3-8-14-20;1-5-6(2,3)4/h2,5-6,11-13,21H,3-4,7-10,14-18H2,1H3;1H3,(H,2,3,4)/q+1;/p-1. The molecule has 1 heterocycles. The number of rotatable bonds is 6. The monoisotopic (exact) mass is 409 g/mol. The molecule has 5 nitrogen and oxygen atoms in total. The average Bonchev–Trinajstić information content (AvgIpc) is 2.70. The van der Waals surface area contributed by atoms with Crippen molar-refractivity contribution >= 4 is 10.4 Å². The zero-order valence-corrected chi connectivity index (χ0v) is 18.1. The van der Waals surface area contributed by atoms with Crippen molar-refractivity contribution in [2.75, 3.05) is 33.8 Å². The predicted octanol–water partition coefficient (Wildman–Crippen LogP) is 4.38. The average molecular weight is 410 g/mol. The zero-order valence-electron chi connectivity index (χ0n) is 17.3. The van der Waals surface area contributed by atoms with Gasteiger partial charge in [-0.15, -0.1) is 0 Å². The number of nitrogens with zero attached hydrogens (tertiary/aromatic N) is 1. The molecule has 0 aromatic heterocycles. The lowest BCUT2D eigenvalue weighted by molar-refractivity contribution is -0.914. The van der Waals surface area contributed by atoms with Gasteiger partial charge in [0.2, 0.25) is 10.4 Å².